The van der Waals surface area contributed by atoms with Crippen LogP contribution in [0.5, 0.6) is 0 Å². The average molecular weight is 232 g/mol. The fraction of sp³-hybridized carbons (Fsp3) is 0.231. The third-order valence-electron chi connectivity index (χ3n) is 2.76. The highest BCUT2D eigenvalue weighted by atomic mass is 16.6. The fourth-order valence-corrected chi connectivity index (χ4v) is 1.72. The maximum absolute atomic E-state index is 11.9. The fourth-order valence-electron chi connectivity index (χ4n) is 1.72. The highest BCUT2D eigenvalue weighted by Gasteiger charge is 2.43. The van der Waals surface area contributed by atoms with E-state index in [1.54, 1.807) is 19.1 Å². The van der Waals surface area contributed by atoms with Crippen molar-refractivity contribution in [2.45, 2.75) is 12.5 Å². The quantitative estimate of drug-likeness (QED) is 0.726. The van der Waals surface area contributed by atoms with Gasteiger partial charge in [-0.3, -0.25) is 4.79 Å². The van der Waals surface area contributed by atoms with Crippen LogP contribution in [0.2, 0.25) is 0 Å². The minimum atomic E-state index is -1.13. The zero-order valence-electron chi connectivity index (χ0n) is 9.60. The summed E-state index contributed by atoms with van der Waals surface area (Å²) in [6.45, 7) is 1.64. The SMILES string of the molecule is COC(=O)C1=CC(=O)[C@@](C)(c2ccccc2)O1. The third kappa shape index (κ3) is 1.82. The largest absolute Gasteiger partial charge is 0.467 e. The minimum absolute atomic E-state index is 0.0520. The van der Waals surface area contributed by atoms with Gasteiger partial charge >= 0.3 is 5.97 Å². The van der Waals surface area contributed by atoms with Crippen LogP contribution in [0.1, 0.15) is 12.5 Å². The van der Waals surface area contributed by atoms with Gasteiger partial charge in [0.05, 0.1) is 7.11 Å². The second-order valence-corrected chi connectivity index (χ2v) is 3.87. The lowest BCUT2D eigenvalue weighted by atomic mass is 9.92. The van der Waals surface area contributed by atoms with Gasteiger partial charge in [-0.1, -0.05) is 30.3 Å². The zero-order valence-corrected chi connectivity index (χ0v) is 9.60. The molecule has 1 aliphatic rings. The lowest BCUT2D eigenvalue weighted by molar-refractivity contribution is -0.144. The number of carbonyl (C=O) groups is 2. The summed E-state index contributed by atoms with van der Waals surface area (Å²) in [5.41, 5.74) is -0.426. The van der Waals surface area contributed by atoms with Crippen molar-refractivity contribution in [1.82, 2.24) is 0 Å². The van der Waals surface area contributed by atoms with E-state index in [0.29, 0.717) is 5.56 Å². The van der Waals surface area contributed by atoms with Crippen LogP contribution in [0, 0.1) is 0 Å². The van der Waals surface area contributed by atoms with Crippen LogP contribution in [-0.4, -0.2) is 18.9 Å². The summed E-state index contributed by atoms with van der Waals surface area (Å²) in [7, 11) is 1.25. The normalized spacial score (nSPS) is 22.9. The number of carbonyl (C=O) groups excluding carboxylic acids is 2. The molecule has 17 heavy (non-hydrogen) atoms. The predicted octanol–water partition coefficient (Wildman–Crippen LogP) is 1.56. The van der Waals surface area contributed by atoms with E-state index in [1.807, 2.05) is 18.2 Å². The van der Waals surface area contributed by atoms with Crippen LogP contribution < -0.4 is 0 Å². The molecule has 0 saturated carbocycles. The molecule has 1 atom stereocenters. The molecule has 2 rings (SSSR count). The van der Waals surface area contributed by atoms with Gasteiger partial charge in [0.25, 0.3) is 0 Å². The molecule has 0 radical (unpaired) electrons. The second-order valence-electron chi connectivity index (χ2n) is 3.87. The molecule has 4 heteroatoms. The van der Waals surface area contributed by atoms with Crippen molar-refractivity contribution >= 4 is 11.8 Å². The Kier molecular flexibility index (Phi) is 2.71. The molecule has 0 aliphatic carbocycles. The van der Waals surface area contributed by atoms with Crippen LogP contribution >= 0.6 is 0 Å². The predicted molar refractivity (Wildman–Crippen MR) is 60.0 cm³/mol. The Morgan fingerprint density at radius 3 is 2.53 bits per heavy atom. The highest BCUT2D eigenvalue weighted by Crippen LogP contribution is 2.34. The number of hydrogen-bond acceptors (Lipinski definition) is 4. The molecule has 88 valence electrons. The first kappa shape index (κ1) is 11.4. The molecule has 0 unspecified atom stereocenters. The molecule has 1 aromatic carbocycles. The molecular formula is C13H12O4. The number of methoxy groups -OCH3 is 1. The van der Waals surface area contributed by atoms with Crippen LogP contribution in [0.15, 0.2) is 42.2 Å². The zero-order chi connectivity index (χ0) is 12.5. The molecule has 1 aromatic rings. The Morgan fingerprint density at radius 2 is 1.94 bits per heavy atom. The van der Waals surface area contributed by atoms with E-state index in [1.165, 1.54) is 13.2 Å². The monoisotopic (exact) mass is 232 g/mol. The van der Waals surface area contributed by atoms with Crippen molar-refractivity contribution in [3.05, 3.63) is 47.7 Å². The molecule has 4 nitrogen and oxygen atoms in total. The van der Waals surface area contributed by atoms with E-state index in [-0.39, 0.29) is 11.5 Å². The van der Waals surface area contributed by atoms with Crippen LogP contribution in [0.4, 0.5) is 0 Å². The number of rotatable bonds is 2. The Hall–Kier alpha value is -2.10. The number of ether oxygens (including phenoxy) is 2. The molecule has 1 heterocycles. The van der Waals surface area contributed by atoms with Gasteiger partial charge in [0.15, 0.2) is 5.60 Å². The molecule has 0 bridgehead atoms. The van der Waals surface area contributed by atoms with E-state index in [0.717, 1.165) is 0 Å². The lowest BCUT2D eigenvalue weighted by Crippen LogP contribution is -2.30. The van der Waals surface area contributed by atoms with E-state index in [4.69, 9.17) is 4.74 Å². The van der Waals surface area contributed by atoms with Crippen molar-refractivity contribution in [2.24, 2.45) is 0 Å². The second kappa shape index (κ2) is 4.05. The minimum Gasteiger partial charge on any atom is -0.467 e. The molecule has 0 fully saturated rings. The van der Waals surface area contributed by atoms with E-state index >= 15 is 0 Å². The van der Waals surface area contributed by atoms with Gasteiger partial charge in [-0.2, -0.15) is 0 Å². The van der Waals surface area contributed by atoms with E-state index in [9.17, 15) is 9.59 Å². The summed E-state index contributed by atoms with van der Waals surface area (Å²) in [4.78, 5) is 23.2. The number of ketones is 1. The van der Waals surface area contributed by atoms with Crippen molar-refractivity contribution in [2.75, 3.05) is 7.11 Å². The van der Waals surface area contributed by atoms with E-state index < -0.39 is 11.6 Å². The summed E-state index contributed by atoms with van der Waals surface area (Å²) in [6.07, 6.45) is 1.18. The van der Waals surface area contributed by atoms with Crippen LogP contribution in [-0.2, 0) is 24.7 Å². The van der Waals surface area contributed by atoms with Crippen LogP contribution in [0.3, 0.4) is 0 Å². The van der Waals surface area contributed by atoms with Gasteiger partial charge in [0.2, 0.25) is 11.5 Å². The number of hydrogen-bond donors (Lipinski definition) is 0. The van der Waals surface area contributed by atoms with Crippen molar-refractivity contribution in [1.29, 1.82) is 0 Å². The first-order valence-corrected chi connectivity index (χ1v) is 5.17. The summed E-state index contributed by atoms with van der Waals surface area (Å²) < 4.78 is 9.96. The van der Waals surface area contributed by atoms with Gasteiger partial charge in [0, 0.05) is 11.6 Å². The van der Waals surface area contributed by atoms with Gasteiger partial charge in [-0.25, -0.2) is 4.79 Å². The van der Waals surface area contributed by atoms with Gasteiger partial charge < -0.3 is 9.47 Å². The Balaban J connectivity index is 2.33. The van der Waals surface area contributed by atoms with Crippen molar-refractivity contribution in [3.8, 4) is 0 Å². The summed E-state index contributed by atoms with van der Waals surface area (Å²) >= 11 is 0. The smallest absolute Gasteiger partial charge is 0.373 e. The Bertz CT molecular complexity index is 489. The summed E-state index contributed by atoms with van der Waals surface area (Å²) in [6, 6.07) is 9.04. The van der Waals surface area contributed by atoms with Crippen LogP contribution in [0.25, 0.3) is 0 Å². The number of benzene rings is 1. The average Bonchev–Trinajstić information content (AvgIpc) is 2.67. The molecule has 0 saturated heterocycles. The summed E-state index contributed by atoms with van der Waals surface area (Å²) in [5, 5.41) is 0. The van der Waals surface area contributed by atoms with Gasteiger partial charge in [-0.15, -0.1) is 0 Å². The molecule has 1 aliphatic heterocycles. The maximum atomic E-state index is 11.9. The third-order valence-corrected chi connectivity index (χ3v) is 2.76. The maximum Gasteiger partial charge on any atom is 0.373 e. The molecule has 0 aromatic heterocycles. The molecule has 0 N–H and O–H groups in total. The standard InChI is InChI=1S/C13H12O4/c1-13(9-6-4-3-5-7-9)11(14)8-10(17-13)12(15)16-2/h3-8H,1-2H3/t13-/m1/s1. The van der Waals surface area contributed by atoms with Crippen molar-refractivity contribution < 1.29 is 19.1 Å². The number of esters is 1. The van der Waals surface area contributed by atoms with Crippen molar-refractivity contribution in [3.63, 3.8) is 0 Å². The lowest BCUT2D eigenvalue weighted by Gasteiger charge is -2.23. The topological polar surface area (TPSA) is 52.6 Å². The van der Waals surface area contributed by atoms with Gasteiger partial charge in [0.1, 0.15) is 0 Å². The van der Waals surface area contributed by atoms with E-state index in [2.05, 4.69) is 4.74 Å². The first-order valence-electron chi connectivity index (χ1n) is 5.17. The molecule has 0 spiro atoms. The van der Waals surface area contributed by atoms with Gasteiger partial charge in [-0.05, 0) is 6.92 Å². The molecular weight excluding hydrogens is 220 g/mol. The molecule has 0 amide bonds. The Morgan fingerprint density at radius 1 is 1.29 bits per heavy atom. The Labute approximate surface area is 98.8 Å². The summed E-state index contributed by atoms with van der Waals surface area (Å²) in [5.74, 6) is -0.953. The highest BCUT2D eigenvalue weighted by molar-refractivity contribution is 6.06. The first-order chi connectivity index (χ1) is 8.08.